The molecule has 0 aliphatic carbocycles. The lowest BCUT2D eigenvalue weighted by Crippen LogP contribution is -2.30. The molecule has 2 aromatic rings. The van der Waals surface area contributed by atoms with Crippen LogP contribution in [0.1, 0.15) is 22.8 Å². The lowest BCUT2D eigenvalue weighted by Gasteiger charge is -2.19. The van der Waals surface area contributed by atoms with Gasteiger partial charge in [-0.15, -0.1) is 0 Å². The van der Waals surface area contributed by atoms with Crippen LogP contribution in [0.2, 0.25) is 0 Å². The Hall–Kier alpha value is -1.89. The molecule has 6 heteroatoms. The average molecular weight is 349 g/mol. The van der Waals surface area contributed by atoms with Crippen LogP contribution in [0.3, 0.4) is 0 Å². The van der Waals surface area contributed by atoms with Crippen LogP contribution in [-0.2, 0) is 20.5 Å². The largest absolute Gasteiger partial charge is 0.496 e. The number of nitrogens with one attached hydrogen (secondary N) is 1. The predicted octanol–water partition coefficient (Wildman–Crippen LogP) is 2.81. The number of hydrogen-bond donors (Lipinski definition) is 1. The van der Waals surface area contributed by atoms with Crippen LogP contribution < -0.4 is 9.46 Å². The minimum absolute atomic E-state index is 0.0585. The molecule has 0 fully saturated rings. The molecule has 5 nitrogen and oxygen atoms in total. The molecule has 130 valence electrons. The number of rotatable bonds is 8. The summed E-state index contributed by atoms with van der Waals surface area (Å²) in [5.41, 5.74) is 2.60. The summed E-state index contributed by atoms with van der Waals surface area (Å²) in [7, 11) is -0.331. The molecule has 0 bridgehead atoms. The standard InChI is InChI=1S/C18H23NO4S/c1-14-7-6-8-15(11-14)13-24(20,21)19-12-18(23-3)16-9-4-5-10-17(16)22-2/h4-11,18-19H,12-13H2,1-3H3. The fourth-order valence-corrected chi connectivity index (χ4v) is 3.65. The zero-order valence-electron chi connectivity index (χ0n) is 14.2. The van der Waals surface area contributed by atoms with E-state index in [1.807, 2.05) is 49.4 Å². The first-order chi connectivity index (χ1) is 11.4. The Morgan fingerprint density at radius 3 is 2.50 bits per heavy atom. The quantitative estimate of drug-likeness (QED) is 0.796. The van der Waals surface area contributed by atoms with Crippen molar-refractivity contribution in [2.75, 3.05) is 20.8 Å². The Morgan fingerprint density at radius 1 is 1.08 bits per heavy atom. The van der Waals surface area contributed by atoms with E-state index in [0.29, 0.717) is 5.75 Å². The molecule has 0 aromatic heterocycles. The smallest absolute Gasteiger partial charge is 0.215 e. The predicted molar refractivity (Wildman–Crippen MR) is 94.5 cm³/mol. The van der Waals surface area contributed by atoms with E-state index < -0.39 is 16.1 Å². The maximum absolute atomic E-state index is 12.3. The number of para-hydroxylation sites is 1. The summed E-state index contributed by atoms with van der Waals surface area (Å²) in [4.78, 5) is 0. The van der Waals surface area contributed by atoms with Gasteiger partial charge in [0.05, 0.1) is 19.0 Å². The summed E-state index contributed by atoms with van der Waals surface area (Å²) in [6, 6.07) is 14.9. The average Bonchev–Trinajstić information content (AvgIpc) is 2.55. The van der Waals surface area contributed by atoms with Gasteiger partial charge in [0.15, 0.2) is 0 Å². The van der Waals surface area contributed by atoms with Gasteiger partial charge in [0, 0.05) is 19.2 Å². The molecule has 0 heterocycles. The van der Waals surface area contributed by atoms with Crippen molar-refractivity contribution in [1.82, 2.24) is 4.72 Å². The Morgan fingerprint density at radius 2 is 1.83 bits per heavy atom. The van der Waals surface area contributed by atoms with Gasteiger partial charge in [-0.25, -0.2) is 13.1 Å². The zero-order valence-corrected chi connectivity index (χ0v) is 15.0. The van der Waals surface area contributed by atoms with Gasteiger partial charge in [0.1, 0.15) is 5.75 Å². The van der Waals surface area contributed by atoms with Crippen molar-refractivity contribution >= 4 is 10.0 Å². The highest BCUT2D eigenvalue weighted by atomic mass is 32.2. The topological polar surface area (TPSA) is 64.6 Å². The van der Waals surface area contributed by atoms with Crippen molar-refractivity contribution in [2.24, 2.45) is 0 Å². The summed E-state index contributed by atoms with van der Waals surface area (Å²) in [5.74, 6) is 0.610. The fourth-order valence-electron chi connectivity index (χ4n) is 2.53. The second kappa shape index (κ2) is 8.28. The van der Waals surface area contributed by atoms with Crippen molar-refractivity contribution in [2.45, 2.75) is 18.8 Å². The van der Waals surface area contributed by atoms with E-state index in [1.165, 1.54) is 0 Å². The number of ether oxygens (including phenoxy) is 2. The minimum atomic E-state index is -3.45. The molecular formula is C18H23NO4S. The summed E-state index contributed by atoms with van der Waals surface area (Å²) in [5, 5.41) is 0. The zero-order chi connectivity index (χ0) is 17.6. The number of sulfonamides is 1. The van der Waals surface area contributed by atoms with E-state index in [2.05, 4.69) is 4.72 Å². The third kappa shape index (κ3) is 5.06. The first-order valence-corrected chi connectivity index (χ1v) is 9.29. The normalized spacial score (nSPS) is 12.8. The van der Waals surface area contributed by atoms with Crippen LogP contribution in [-0.4, -0.2) is 29.2 Å². The number of benzene rings is 2. The molecule has 0 aliphatic rings. The van der Waals surface area contributed by atoms with E-state index in [0.717, 1.165) is 16.7 Å². The molecule has 0 saturated carbocycles. The van der Waals surface area contributed by atoms with Crippen LogP contribution in [0.5, 0.6) is 5.75 Å². The van der Waals surface area contributed by atoms with Crippen molar-refractivity contribution in [1.29, 1.82) is 0 Å². The Kier molecular flexibility index (Phi) is 6.36. The monoisotopic (exact) mass is 349 g/mol. The van der Waals surface area contributed by atoms with Crippen LogP contribution in [0.4, 0.5) is 0 Å². The van der Waals surface area contributed by atoms with E-state index in [1.54, 1.807) is 20.3 Å². The first kappa shape index (κ1) is 18.4. The van der Waals surface area contributed by atoms with Gasteiger partial charge in [0.2, 0.25) is 10.0 Å². The molecule has 2 aromatic carbocycles. The first-order valence-electron chi connectivity index (χ1n) is 7.64. The lowest BCUT2D eigenvalue weighted by atomic mass is 10.1. The molecule has 0 spiro atoms. The second-order valence-corrected chi connectivity index (χ2v) is 7.37. The Balaban J connectivity index is 2.06. The highest BCUT2D eigenvalue weighted by Crippen LogP contribution is 2.26. The maximum Gasteiger partial charge on any atom is 0.215 e. The van der Waals surface area contributed by atoms with Gasteiger partial charge in [-0.1, -0.05) is 48.0 Å². The fraction of sp³-hybridized carbons (Fsp3) is 0.333. The maximum atomic E-state index is 12.3. The molecule has 0 saturated heterocycles. The molecule has 2 rings (SSSR count). The SMILES string of the molecule is COc1ccccc1C(CNS(=O)(=O)Cc1cccc(C)c1)OC. The van der Waals surface area contributed by atoms with Crippen LogP contribution in [0.25, 0.3) is 0 Å². The highest BCUT2D eigenvalue weighted by molar-refractivity contribution is 7.88. The van der Waals surface area contributed by atoms with Gasteiger partial charge < -0.3 is 9.47 Å². The third-order valence-electron chi connectivity index (χ3n) is 3.70. The summed E-state index contributed by atoms with van der Waals surface area (Å²) in [6.45, 7) is 2.08. The summed E-state index contributed by atoms with van der Waals surface area (Å²) < 4.78 is 38.0. The Bertz CT molecular complexity index is 774. The molecule has 24 heavy (non-hydrogen) atoms. The van der Waals surface area contributed by atoms with Crippen molar-refractivity contribution in [3.8, 4) is 5.75 Å². The molecule has 0 aliphatic heterocycles. The van der Waals surface area contributed by atoms with Crippen LogP contribution in [0.15, 0.2) is 48.5 Å². The van der Waals surface area contributed by atoms with E-state index >= 15 is 0 Å². The van der Waals surface area contributed by atoms with E-state index in [9.17, 15) is 8.42 Å². The van der Waals surface area contributed by atoms with Gasteiger partial charge in [-0.05, 0) is 18.6 Å². The molecule has 1 atom stereocenters. The van der Waals surface area contributed by atoms with Crippen molar-refractivity contribution in [3.63, 3.8) is 0 Å². The van der Waals surface area contributed by atoms with Crippen molar-refractivity contribution < 1.29 is 17.9 Å². The van der Waals surface area contributed by atoms with E-state index in [-0.39, 0.29) is 12.3 Å². The minimum Gasteiger partial charge on any atom is -0.496 e. The molecule has 0 amide bonds. The summed E-state index contributed by atoms with van der Waals surface area (Å²) in [6.07, 6.45) is -0.423. The van der Waals surface area contributed by atoms with Gasteiger partial charge in [-0.3, -0.25) is 0 Å². The van der Waals surface area contributed by atoms with Crippen molar-refractivity contribution in [3.05, 3.63) is 65.2 Å². The second-order valence-electron chi connectivity index (χ2n) is 5.56. The summed E-state index contributed by atoms with van der Waals surface area (Å²) >= 11 is 0. The molecule has 0 radical (unpaired) electrons. The molecule has 1 N–H and O–H groups in total. The Labute approximate surface area is 143 Å². The molecule has 1 unspecified atom stereocenters. The molecular weight excluding hydrogens is 326 g/mol. The van der Waals surface area contributed by atoms with Crippen LogP contribution in [0, 0.1) is 6.92 Å². The van der Waals surface area contributed by atoms with Gasteiger partial charge in [-0.2, -0.15) is 0 Å². The lowest BCUT2D eigenvalue weighted by molar-refractivity contribution is 0.105. The number of methoxy groups -OCH3 is 2. The number of aryl methyl sites for hydroxylation is 1. The van der Waals surface area contributed by atoms with Crippen LogP contribution >= 0.6 is 0 Å². The van der Waals surface area contributed by atoms with Gasteiger partial charge >= 0.3 is 0 Å². The highest BCUT2D eigenvalue weighted by Gasteiger charge is 2.19. The number of hydrogen-bond acceptors (Lipinski definition) is 4. The van der Waals surface area contributed by atoms with E-state index in [4.69, 9.17) is 9.47 Å². The van der Waals surface area contributed by atoms with Gasteiger partial charge in [0.25, 0.3) is 0 Å². The third-order valence-corrected chi connectivity index (χ3v) is 5.02.